The van der Waals surface area contributed by atoms with E-state index in [4.69, 9.17) is 0 Å². The van der Waals surface area contributed by atoms with Gasteiger partial charge in [0.05, 0.1) is 0 Å². The molecule has 62 valence electrons. The van der Waals surface area contributed by atoms with Crippen molar-refractivity contribution in [2.75, 3.05) is 0 Å². The molecule has 0 aliphatic heterocycles. The zero-order valence-corrected chi connectivity index (χ0v) is 7.34. The molecular weight excluding hydrogens is 136 g/mol. The number of hydrogen-bond acceptors (Lipinski definition) is 1. The van der Waals surface area contributed by atoms with Crippen LogP contribution in [0.5, 0.6) is 0 Å². The monoisotopic (exact) mass is 152 g/mol. The first kappa shape index (κ1) is 10.2. The third kappa shape index (κ3) is 5.59. The molecule has 0 aromatic carbocycles. The van der Waals surface area contributed by atoms with Gasteiger partial charge in [0.1, 0.15) is 6.29 Å². The average molecular weight is 152 g/mol. The first-order valence-corrected chi connectivity index (χ1v) is 4.10. The summed E-state index contributed by atoms with van der Waals surface area (Å²) in [6.07, 6.45) is 9.84. The number of unbranched alkanes of at least 4 members (excludes halogenated alkanes) is 1. The van der Waals surface area contributed by atoms with E-state index in [1.54, 1.807) is 0 Å². The van der Waals surface area contributed by atoms with Gasteiger partial charge in [0.2, 0.25) is 0 Å². The third-order valence-corrected chi connectivity index (χ3v) is 1.48. The van der Waals surface area contributed by atoms with Gasteiger partial charge in [0, 0.05) is 6.42 Å². The molecule has 1 nitrogen and oxygen atoms in total. The quantitative estimate of drug-likeness (QED) is 0.437. The summed E-state index contributed by atoms with van der Waals surface area (Å²) in [5, 5.41) is 0. The summed E-state index contributed by atoms with van der Waals surface area (Å²) in [6, 6.07) is 0. The molecule has 0 saturated carbocycles. The Bertz CT molecular complexity index is 154. The summed E-state index contributed by atoms with van der Waals surface area (Å²) in [6.45, 7) is 4.09. The smallest absolute Gasteiger partial charge is 0.124 e. The molecule has 0 aromatic rings. The van der Waals surface area contributed by atoms with Crippen molar-refractivity contribution in [1.82, 2.24) is 0 Å². The highest BCUT2D eigenvalue weighted by Gasteiger charge is 1.86. The van der Waals surface area contributed by atoms with E-state index >= 15 is 0 Å². The molecule has 0 aliphatic carbocycles. The first-order valence-electron chi connectivity index (χ1n) is 4.10. The predicted octanol–water partition coefficient (Wildman–Crippen LogP) is 2.88. The summed E-state index contributed by atoms with van der Waals surface area (Å²) < 4.78 is 0. The molecule has 0 aliphatic rings. The Hall–Kier alpha value is -0.850. The van der Waals surface area contributed by atoms with E-state index in [0.717, 1.165) is 24.7 Å². The molecule has 0 rings (SSSR count). The van der Waals surface area contributed by atoms with Crippen LogP contribution in [0.15, 0.2) is 23.8 Å². The maximum Gasteiger partial charge on any atom is 0.124 e. The maximum atomic E-state index is 10.1. The lowest BCUT2D eigenvalue weighted by molar-refractivity contribution is -0.107. The molecule has 0 fully saturated rings. The number of carbonyl (C=O) groups is 1. The number of hydrogen-bond donors (Lipinski definition) is 0. The van der Waals surface area contributed by atoms with Crippen LogP contribution in [0.25, 0.3) is 0 Å². The van der Waals surface area contributed by atoms with E-state index in [-0.39, 0.29) is 0 Å². The Kier molecular flexibility index (Phi) is 6.70. The lowest BCUT2D eigenvalue weighted by atomic mass is 10.1. The zero-order valence-electron chi connectivity index (χ0n) is 7.34. The fourth-order valence-electron chi connectivity index (χ4n) is 0.780. The van der Waals surface area contributed by atoms with Crippen LogP contribution in [-0.4, -0.2) is 6.29 Å². The normalized spacial score (nSPS) is 12.4. The van der Waals surface area contributed by atoms with Gasteiger partial charge in [-0.1, -0.05) is 31.6 Å². The Morgan fingerprint density at radius 1 is 1.45 bits per heavy atom. The fraction of sp³-hybridized carbons (Fsp3) is 0.500. The summed E-state index contributed by atoms with van der Waals surface area (Å²) in [5.41, 5.74) is 1.11. The summed E-state index contributed by atoms with van der Waals surface area (Å²) >= 11 is 0. The van der Waals surface area contributed by atoms with Crippen LogP contribution >= 0.6 is 0 Å². The van der Waals surface area contributed by atoms with Crippen molar-refractivity contribution in [3.05, 3.63) is 23.8 Å². The minimum Gasteiger partial charge on any atom is -0.303 e. The van der Waals surface area contributed by atoms with Gasteiger partial charge in [-0.2, -0.15) is 0 Å². The summed E-state index contributed by atoms with van der Waals surface area (Å²) in [5.74, 6) is 0. The van der Waals surface area contributed by atoms with Gasteiger partial charge in [-0.3, -0.25) is 0 Å². The largest absolute Gasteiger partial charge is 0.303 e. The van der Waals surface area contributed by atoms with Gasteiger partial charge in [0.25, 0.3) is 0 Å². The van der Waals surface area contributed by atoms with Gasteiger partial charge in [-0.05, 0) is 18.9 Å². The van der Waals surface area contributed by atoms with Crippen molar-refractivity contribution >= 4 is 6.29 Å². The molecule has 0 saturated heterocycles. The van der Waals surface area contributed by atoms with Crippen LogP contribution in [-0.2, 0) is 4.79 Å². The SMILES string of the molecule is CC=C(C=CCCC)CC=O. The second-order valence-electron chi connectivity index (χ2n) is 2.43. The Labute approximate surface area is 68.8 Å². The highest BCUT2D eigenvalue weighted by atomic mass is 16.1. The van der Waals surface area contributed by atoms with Crippen molar-refractivity contribution in [3.8, 4) is 0 Å². The topological polar surface area (TPSA) is 17.1 Å². The highest BCUT2D eigenvalue weighted by Crippen LogP contribution is 2.02. The van der Waals surface area contributed by atoms with Crippen LogP contribution in [0, 0.1) is 0 Å². The molecule has 0 spiro atoms. The number of carbonyl (C=O) groups excluding carboxylic acids is 1. The molecule has 0 aromatic heterocycles. The molecule has 0 N–H and O–H groups in total. The van der Waals surface area contributed by atoms with Gasteiger partial charge in [0.15, 0.2) is 0 Å². The van der Waals surface area contributed by atoms with Crippen molar-refractivity contribution in [2.45, 2.75) is 33.1 Å². The first-order chi connectivity index (χ1) is 5.35. The van der Waals surface area contributed by atoms with Crippen LogP contribution in [0.3, 0.4) is 0 Å². The molecule has 0 atom stereocenters. The molecule has 0 bridgehead atoms. The Balaban J connectivity index is 3.77. The predicted molar refractivity (Wildman–Crippen MR) is 48.5 cm³/mol. The molecule has 0 amide bonds. The van der Waals surface area contributed by atoms with Crippen LogP contribution in [0.2, 0.25) is 0 Å². The maximum absolute atomic E-state index is 10.1. The van der Waals surface area contributed by atoms with Gasteiger partial charge < -0.3 is 4.79 Å². The number of aldehydes is 1. The number of rotatable bonds is 5. The highest BCUT2D eigenvalue weighted by molar-refractivity contribution is 5.55. The molecule has 0 radical (unpaired) electrons. The van der Waals surface area contributed by atoms with E-state index < -0.39 is 0 Å². The lowest BCUT2D eigenvalue weighted by Gasteiger charge is -1.92. The van der Waals surface area contributed by atoms with E-state index in [0.29, 0.717) is 6.42 Å². The minimum atomic E-state index is 0.538. The molecule has 11 heavy (non-hydrogen) atoms. The molecule has 0 heterocycles. The van der Waals surface area contributed by atoms with Gasteiger partial charge in [-0.15, -0.1) is 0 Å². The molecular formula is C10H16O. The third-order valence-electron chi connectivity index (χ3n) is 1.48. The second kappa shape index (κ2) is 7.26. The van der Waals surface area contributed by atoms with Crippen LogP contribution in [0.4, 0.5) is 0 Å². The average Bonchev–Trinajstić information content (AvgIpc) is 2.03. The van der Waals surface area contributed by atoms with Crippen molar-refractivity contribution in [3.63, 3.8) is 0 Å². The zero-order chi connectivity index (χ0) is 8.53. The minimum absolute atomic E-state index is 0.538. The van der Waals surface area contributed by atoms with E-state index in [1.165, 1.54) is 0 Å². The van der Waals surface area contributed by atoms with Crippen LogP contribution < -0.4 is 0 Å². The van der Waals surface area contributed by atoms with Gasteiger partial charge >= 0.3 is 0 Å². The summed E-state index contributed by atoms with van der Waals surface area (Å²) in [7, 11) is 0. The molecule has 1 heteroatoms. The fourth-order valence-corrected chi connectivity index (χ4v) is 0.780. The van der Waals surface area contributed by atoms with Crippen LogP contribution in [0.1, 0.15) is 33.1 Å². The Morgan fingerprint density at radius 2 is 2.18 bits per heavy atom. The number of allylic oxidation sites excluding steroid dienone is 4. The molecule has 0 unspecified atom stereocenters. The van der Waals surface area contributed by atoms with Crippen molar-refractivity contribution in [1.29, 1.82) is 0 Å². The van der Waals surface area contributed by atoms with Gasteiger partial charge in [-0.25, -0.2) is 0 Å². The van der Waals surface area contributed by atoms with Crippen molar-refractivity contribution < 1.29 is 4.79 Å². The Morgan fingerprint density at radius 3 is 2.64 bits per heavy atom. The lowest BCUT2D eigenvalue weighted by Crippen LogP contribution is -1.78. The standard InChI is InChI=1S/C10H16O/c1-3-5-6-7-10(4-2)8-9-11/h4,6-7,9H,3,5,8H2,1-2H3. The van der Waals surface area contributed by atoms with Crippen molar-refractivity contribution in [2.24, 2.45) is 0 Å². The van der Waals surface area contributed by atoms with E-state index in [2.05, 4.69) is 13.0 Å². The second-order valence-corrected chi connectivity index (χ2v) is 2.43. The van der Waals surface area contributed by atoms with E-state index in [9.17, 15) is 4.79 Å². The summed E-state index contributed by atoms with van der Waals surface area (Å²) in [4.78, 5) is 10.1. The van der Waals surface area contributed by atoms with E-state index in [1.807, 2.05) is 19.1 Å².